The number of hydrogen-bond donors (Lipinski definition) is 1. The summed E-state index contributed by atoms with van der Waals surface area (Å²) in [6.45, 7) is 2.64. The summed E-state index contributed by atoms with van der Waals surface area (Å²) >= 11 is 0. The van der Waals surface area contributed by atoms with E-state index >= 15 is 4.57 Å². The Bertz CT molecular complexity index is 1250. The molecule has 0 bridgehead atoms. The predicted molar refractivity (Wildman–Crippen MR) is 161 cm³/mol. The van der Waals surface area contributed by atoms with E-state index in [1.807, 2.05) is 103 Å². The molecule has 4 nitrogen and oxygen atoms in total. The number of ether oxygens (including phenoxy) is 2. The van der Waals surface area contributed by atoms with Crippen LogP contribution in [0.25, 0.3) is 0 Å². The van der Waals surface area contributed by atoms with Gasteiger partial charge in [0, 0.05) is 10.6 Å². The highest BCUT2D eigenvalue weighted by molar-refractivity contribution is 7.79. The summed E-state index contributed by atoms with van der Waals surface area (Å²) < 4.78 is 27.3. The molecule has 0 radical (unpaired) electrons. The summed E-state index contributed by atoms with van der Waals surface area (Å²) in [6.07, 6.45) is 2.19. The molecule has 39 heavy (non-hydrogen) atoms. The fourth-order valence-electron chi connectivity index (χ4n) is 5.09. The maximum absolute atomic E-state index is 15.5. The maximum Gasteiger partial charge on any atom is 0.149 e. The quantitative estimate of drug-likeness (QED) is 0.170. The normalized spacial score (nSPS) is 13.9. The lowest BCUT2D eigenvalue weighted by molar-refractivity contribution is 0.0185. The molecule has 0 fully saturated rings. The lowest BCUT2D eigenvalue weighted by atomic mass is 9.99. The first kappa shape index (κ1) is 28.8. The van der Waals surface area contributed by atoms with Crippen molar-refractivity contribution in [3.8, 4) is 5.75 Å². The van der Waals surface area contributed by atoms with Crippen LogP contribution in [0.1, 0.15) is 49.8 Å². The van der Waals surface area contributed by atoms with Crippen LogP contribution >= 0.6 is 7.14 Å². The van der Waals surface area contributed by atoms with Gasteiger partial charge in [-0.25, -0.2) is 0 Å². The van der Waals surface area contributed by atoms with Crippen molar-refractivity contribution in [2.45, 2.75) is 57.1 Å². The Balaban J connectivity index is 1.78. The van der Waals surface area contributed by atoms with Gasteiger partial charge in [-0.05, 0) is 36.1 Å². The number of hydrogen-bond acceptors (Lipinski definition) is 4. The fraction of sp³-hybridized carbons (Fsp3) is 0.294. The van der Waals surface area contributed by atoms with Gasteiger partial charge >= 0.3 is 0 Å². The zero-order chi connectivity index (χ0) is 27.5. The smallest absolute Gasteiger partial charge is 0.149 e. The Morgan fingerprint density at radius 3 is 1.82 bits per heavy atom. The van der Waals surface area contributed by atoms with Crippen molar-refractivity contribution in [1.29, 1.82) is 0 Å². The number of unbranched alkanes of at least 4 members (excludes halogenated alkanes) is 1. The van der Waals surface area contributed by atoms with Crippen LogP contribution in [-0.4, -0.2) is 24.0 Å². The number of benzene rings is 4. The monoisotopic (exact) mass is 542 g/mol. The Kier molecular flexibility index (Phi) is 10.6. The van der Waals surface area contributed by atoms with Crippen molar-refractivity contribution in [2.75, 3.05) is 7.11 Å². The second-order valence-electron chi connectivity index (χ2n) is 9.91. The molecule has 5 heteroatoms. The molecule has 0 spiro atoms. The summed E-state index contributed by atoms with van der Waals surface area (Å²) in [5.41, 5.74) is 1.22. The van der Waals surface area contributed by atoms with Crippen molar-refractivity contribution in [1.82, 2.24) is 0 Å². The highest BCUT2D eigenvalue weighted by atomic mass is 31.2. The van der Waals surface area contributed by atoms with Gasteiger partial charge in [-0.2, -0.15) is 0 Å². The van der Waals surface area contributed by atoms with Gasteiger partial charge in [0.15, 0.2) is 0 Å². The Morgan fingerprint density at radius 2 is 1.31 bits per heavy atom. The molecule has 4 aromatic rings. The van der Waals surface area contributed by atoms with Crippen molar-refractivity contribution in [3.05, 3.63) is 126 Å². The summed E-state index contributed by atoms with van der Waals surface area (Å²) in [4.78, 5) is 0. The molecule has 4 rings (SSSR count). The first-order chi connectivity index (χ1) is 19.1. The van der Waals surface area contributed by atoms with E-state index in [0.717, 1.165) is 35.4 Å². The molecule has 0 aliphatic heterocycles. The van der Waals surface area contributed by atoms with E-state index in [9.17, 15) is 5.11 Å². The highest BCUT2D eigenvalue weighted by Gasteiger charge is 2.42. The third-order valence-corrected chi connectivity index (χ3v) is 10.8. The molecule has 0 saturated carbocycles. The SMILES string of the molecule is CCCC[C@H](C[C@H]([C@@H](O)c1ccc(OC)cc1)P(=O)(c1ccccc1)c1ccccc1)OCc1ccccc1. The second-order valence-corrected chi connectivity index (χ2v) is 12.9. The van der Waals surface area contributed by atoms with Crippen LogP contribution in [0, 0.1) is 0 Å². The molecular weight excluding hydrogens is 503 g/mol. The topological polar surface area (TPSA) is 55.8 Å². The lowest BCUT2D eigenvalue weighted by Crippen LogP contribution is -2.34. The molecule has 0 amide bonds. The predicted octanol–water partition coefficient (Wildman–Crippen LogP) is 7.28. The van der Waals surface area contributed by atoms with E-state index in [2.05, 4.69) is 19.1 Å². The zero-order valence-corrected chi connectivity index (χ0v) is 23.8. The van der Waals surface area contributed by atoms with Crippen LogP contribution in [-0.2, 0) is 15.9 Å². The minimum atomic E-state index is -3.32. The van der Waals surface area contributed by atoms with Gasteiger partial charge in [-0.1, -0.05) is 123 Å². The zero-order valence-electron chi connectivity index (χ0n) is 22.9. The molecule has 0 saturated heterocycles. The van der Waals surface area contributed by atoms with Crippen LogP contribution in [0.5, 0.6) is 5.75 Å². The highest BCUT2D eigenvalue weighted by Crippen LogP contribution is 2.55. The molecule has 4 aromatic carbocycles. The van der Waals surface area contributed by atoms with Crippen molar-refractivity contribution < 1.29 is 19.1 Å². The average Bonchev–Trinajstić information content (AvgIpc) is 3.01. The summed E-state index contributed by atoms with van der Waals surface area (Å²) in [5.74, 6) is 0.712. The van der Waals surface area contributed by atoms with Gasteiger partial charge < -0.3 is 19.1 Å². The molecular formula is C34H39O4P. The fourth-order valence-corrected chi connectivity index (χ4v) is 8.49. The minimum absolute atomic E-state index is 0.163. The molecule has 0 unspecified atom stereocenters. The molecule has 0 aliphatic rings. The standard InChI is InChI=1S/C34H39O4P/c1-3-4-16-30(38-26-27-14-8-5-9-15-27)25-33(34(35)28-21-23-29(37-2)24-22-28)39(36,31-17-10-6-11-18-31)32-19-12-7-13-20-32/h5-15,17-24,30,33-35H,3-4,16,25-26H2,1-2H3/t30-,33-,34+/m1/s1. The number of rotatable bonds is 14. The van der Waals surface area contributed by atoms with Crippen molar-refractivity contribution in [3.63, 3.8) is 0 Å². The van der Waals surface area contributed by atoms with E-state index in [0.29, 0.717) is 24.3 Å². The first-order valence-electron chi connectivity index (χ1n) is 13.7. The van der Waals surface area contributed by atoms with Crippen molar-refractivity contribution >= 4 is 17.8 Å². The Labute approximate surface area is 233 Å². The molecule has 3 atom stereocenters. The number of aliphatic hydroxyl groups excluding tert-OH is 1. The van der Waals surface area contributed by atoms with E-state index in [-0.39, 0.29) is 6.10 Å². The van der Waals surface area contributed by atoms with Crippen LogP contribution in [0.15, 0.2) is 115 Å². The number of methoxy groups -OCH3 is 1. The largest absolute Gasteiger partial charge is 0.497 e. The van der Waals surface area contributed by atoms with Gasteiger partial charge in [0.2, 0.25) is 0 Å². The Hall–Kier alpha value is -3.17. The molecule has 0 heterocycles. The lowest BCUT2D eigenvalue weighted by Gasteiger charge is -2.35. The first-order valence-corrected chi connectivity index (χ1v) is 15.5. The van der Waals surface area contributed by atoms with Crippen LogP contribution in [0.4, 0.5) is 0 Å². The summed E-state index contributed by atoms with van der Waals surface area (Å²) in [5, 5.41) is 13.5. The summed E-state index contributed by atoms with van der Waals surface area (Å²) in [6, 6.07) is 36.8. The van der Waals surface area contributed by atoms with Crippen LogP contribution in [0.3, 0.4) is 0 Å². The van der Waals surface area contributed by atoms with E-state index < -0.39 is 18.9 Å². The van der Waals surface area contributed by atoms with Gasteiger partial charge in [0.1, 0.15) is 12.9 Å². The van der Waals surface area contributed by atoms with Gasteiger partial charge in [0.25, 0.3) is 0 Å². The van der Waals surface area contributed by atoms with Gasteiger partial charge in [0.05, 0.1) is 31.6 Å². The molecule has 0 aliphatic carbocycles. The average molecular weight is 543 g/mol. The Morgan fingerprint density at radius 1 is 0.769 bits per heavy atom. The molecule has 204 valence electrons. The van der Waals surface area contributed by atoms with Crippen molar-refractivity contribution in [2.24, 2.45) is 0 Å². The maximum atomic E-state index is 15.5. The van der Waals surface area contributed by atoms with Crippen LogP contribution < -0.4 is 15.3 Å². The minimum Gasteiger partial charge on any atom is -0.497 e. The van der Waals surface area contributed by atoms with E-state index in [4.69, 9.17) is 9.47 Å². The van der Waals surface area contributed by atoms with Gasteiger partial charge in [-0.15, -0.1) is 0 Å². The third-order valence-electron chi connectivity index (χ3n) is 7.28. The van der Waals surface area contributed by atoms with E-state index in [1.54, 1.807) is 7.11 Å². The molecule has 1 N–H and O–H groups in total. The summed E-state index contributed by atoms with van der Waals surface area (Å²) in [7, 11) is -1.70. The molecule has 0 aromatic heterocycles. The second kappa shape index (κ2) is 14.3. The third kappa shape index (κ3) is 7.28. The number of aliphatic hydroxyl groups is 1. The van der Waals surface area contributed by atoms with E-state index in [1.165, 1.54) is 0 Å². The van der Waals surface area contributed by atoms with Gasteiger partial charge in [-0.3, -0.25) is 0 Å². The van der Waals surface area contributed by atoms with Crippen LogP contribution in [0.2, 0.25) is 0 Å².